The topological polar surface area (TPSA) is 95.6 Å². The van der Waals surface area contributed by atoms with Crippen molar-refractivity contribution in [3.8, 4) is 28.7 Å². The van der Waals surface area contributed by atoms with Gasteiger partial charge in [0.15, 0.2) is 11.5 Å². The van der Waals surface area contributed by atoms with E-state index in [-0.39, 0.29) is 5.69 Å². The standard InChI is InChI=1S/C26H27ClN8/c1-34-11-6-17(7-12-34)5-10-30-26-22(16-28)31-24(25(32-26)21-8-13-35(2)33-21)19-14-18-4-3-9-29-23(18)20(27)15-19/h3-4,8-9,13-15,17H,5-7,10-12H2,1-2H3,(H,30,32). The molecular formula is C26H27ClN8. The van der Waals surface area contributed by atoms with E-state index < -0.39 is 0 Å². The highest BCUT2D eigenvalue weighted by Crippen LogP contribution is 2.34. The van der Waals surface area contributed by atoms with Crippen LogP contribution in [0.2, 0.25) is 5.02 Å². The first-order valence-electron chi connectivity index (χ1n) is 11.8. The summed E-state index contributed by atoms with van der Waals surface area (Å²) in [4.78, 5) is 16.4. The van der Waals surface area contributed by atoms with Crippen LogP contribution in [0.25, 0.3) is 33.5 Å². The summed E-state index contributed by atoms with van der Waals surface area (Å²) in [5.41, 5.74) is 3.58. The Kier molecular flexibility index (Phi) is 6.62. The van der Waals surface area contributed by atoms with E-state index in [1.807, 2.05) is 43.6 Å². The summed E-state index contributed by atoms with van der Waals surface area (Å²) in [6.45, 7) is 3.01. The summed E-state index contributed by atoms with van der Waals surface area (Å²) in [5, 5.41) is 19.3. The molecule has 0 saturated carbocycles. The smallest absolute Gasteiger partial charge is 0.183 e. The minimum absolute atomic E-state index is 0.255. The number of nitrogens with one attached hydrogen (secondary N) is 1. The predicted molar refractivity (Wildman–Crippen MR) is 138 cm³/mol. The Balaban J connectivity index is 1.52. The SMILES string of the molecule is CN1CCC(CCNc2nc(-c3ccn(C)n3)c(-c3cc(Cl)c4ncccc4c3)nc2C#N)CC1. The van der Waals surface area contributed by atoms with Crippen LogP contribution in [0.4, 0.5) is 5.82 Å². The number of benzene rings is 1. The Labute approximate surface area is 209 Å². The third-order valence-corrected chi connectivity index (χ3v) is 6.86. The lowest BCUT2D eigenvalue weighted by Gasteiger charge is -2.28. The lowest BCUT2D eigenvalue weighted by Crippen LogP contribution is -2.30. The van der Waals surface area contributed by atoms with Crippen molar-refractivity contribution in [2.75, 3.05) is 32.0 Å². The van der Waals surface area contributed by atoms with Gasteiger partial charge in [0, 0.05) is 36.9 Å². The highest BCUT2D eigenvalue weighted by atomic mass is 35.5. The second-order valence-electron chi connectivity index (χ2n) is 9.10. The lowest BCUT2D eigenvalue weighted by atomic mass is 9.94. The summed E-state index contributed by atoms with van der Waals surface area (Å²) >= 11 is 6.56. The number of aromatic nitrogens is 5. The molecule has 0 spiro atoms. The Morgan fingerprint density at radius 2 is 1.97 bits per heavy atom. The van der Waals surface area contributed by atoms with Crippen molar-refractivity contribution in [3.05, 3.63) is 53.4 Å². The number of piperidine rings is 1. The van der Waals surface area contributed by atoms with Crippen molar-refractivity contribution < 1.29 is 0 Å². The number of rotatable bonds is 6. The molecule has 0 amide bonds. The third kappa shape index (κ3) is 4.97. The molecule has 0 aliphatic carbocycles. The monoisotopic (exact) mass is 486 g/mol. The molecule has 0 atom stereocenters. The highest BCUT2D eigenvalue weighted by Gasteiger charge is 2.21. The molecule has 4 aromatic rings. The molecule has 1 saturated heterocycles. The lowest BCUT2D eigenvalue weighted by molar-refractivity contribution is 0.215. The molecule has 4 heterocycles. The van der Waals surface area contributed by atoms with Gasteiger partial charge < -0.3 is 10.2 Å². The highest BCUT2D eigenvalue weighted by molar-refractivity contribution is 6.35. The van der Waals surface area contributed by atoms with Gasteiger partial charge in [0.1, 0.15) is 23.2 Å². The number of aryl methyl sites for hydroxylation is 1. The van der Waals surface area contributed by atoms with E-state index in [0.29, 0.717) is 33.8 Å². The second kappa shape index (κ2) is 9.98. The van der Waals surface area contributed by atoms with Gasteiger partial charge in [0.05, 0.1) is 10.5 Å². The van der Waals surface area contributed by atoms with Crippen LogP contribution in [0.15, 0.2) is 42.7 Å². The molecule has 178 valence electrons. The van der Waals surface area contributed by atoms with Gasteiger partial charge in [-0.3, -0.25) is 9.67 Å². The average molecular weight is 487 g/mol. The van der Waals surface area contributed by atoms with Gasteiger partial charge in [-0.1, -0.05) is 17.7 Å². The van der Waals surface area contributed by atoms with Crippen LogP contribution >= 0.6 is 11.6 Å². The Morgan fingerprint density at radius 3 is 2.71 bits per heavy atom. The van der Waals surface area contributed by atoms with Crippen molar-refractivity contribution in [1.29, 1.82) is 5.26 Å². The van der Waals surface area contributed by atoms with E-state index in [0.717, 1.165) is 42.5 Å². The Hall–Kier alpha value is -3.54. The molecule has 9 heteroatoms. The van der Waals surface area contributed by atoms with E-state index in [1.165, 1.54) is 12.8 Å². The fourth-order valence-corrected chi connectivity index (χ4v) is 4.86. The minimum Gasteiger partial charge on any atom is -0.368 e. The fourth-order valence-electron chi connectivity index (χ4n) is 4.59. The normalized spacial score (nSPS) is 14.8. The maximum absolute atomic E-state index is 9.91. The van der Waals surface area contributed by atoms with E-state index >= 15 is 0 Å². The van der Waals surface area contributed by atoms with Gasteiger partial charge in [-0.2, -0.15) is 10.4 Å². The molecule has 1 aliphatic rings. The molecule has 0 unspecified atom stereocenters. The summed E-state index contributed by atoms with van der Waals surface area (Å²) in [7, 11) is 4.03. The van der Waals surface area contributed by atoms with E-state index in [9.17, 15) is 5.26 Å². The van der Waals surface area contributed by atoms with Crippen molar-refractivity contribution >= 4 is 28.3 Å². The first-order valence-corrected chi connectivity index (χ1v) is 12.2. The maximum Gasteiger partial charge on any atom is 0.183 e. The first kappa shape index (κ1) is 23.2. The van der Waals surface area contributed by atoms with E-state index in [4.69, 9.17) is 21.6 Å². The van der Waals surface area contributed by atoms with Crippen molar-refractivity contribution in [2.45, 2.75) is 19.3 Å². The number of halogens is 1. The number of nitriles is 1. The van der Waals surface area contributed by atoms with E-state index in [2.05, 4.69) is 33.4 Å². The van der Waals surface area contributed by atoms with Gasteiger partial charge in [-0.05, 0) is 69.6 Å². The molecule has 1 N–H and O–H groups in total. The van der Waals surface area contributed by atoms with Crippen LogP contribution in [-0.2, 0) is 7.05 Å². The van der Waals surface area contributed by atoms with Gasteiger partial charge in [-0.15, -0.1) is 0 Å². The first-order chi connectivity index (χ1) is 17.0. The maximum atomic E-state index is 9.91. The molecular weight excluding hydrogens is 460 g/mol. The number of likely N-dealkylation sites (tertiary alicyclic amines) is 1. The zero-order valence-electron chi connectivity index (χ0n) is 19.9. The number of hydrogen-bond acceptors (Lipinski definition) is 7. The fraction of sp³-hybridized carbons (Fsp3) is 0.346. The van der Waals surface area contributed by atoms with Crippen LogP contribution in [0, 0.1) is 17.2 Å². The summed E-state index contributed by atoms with van der Waals surface area (Å²) in [5.74, 6) is 1.17. The molecule has 5 rings (SSSR count). The van der Waals surface area contributed by atoms with Crippen molar-refractivity contribution in [3.63, 3.8) is 0 Å². The average Bonchev–Trinajstić information content (AvgIpc) is 3.31. The van der Waals surface area contributed by atoms with Crippen LogP contribution in [0.1, 0.15) is 25.0 Å². The van der Waals surface area contributed by atoms with E-state index in [1.54, 1.807) is 10.9 Å². The van der Waals surface area contributed by atoms with Gasteiger partial charge in [0.2, 0.25) is 0 Å². The van der Waals surface area contributed by atoms with Gasteiger partial charge in [-0.25, -0.2) is 9.97 Å². The number of fused-ring (bicyclic) bond motifs is 1. The van der Waals surface area contributed by atoms with Crippen LogP contribution < -0.4 is 5.32 Å². The molecule has 3 aromatic heterocycles. The molecule has 1 aliphatic heterocycles. The zero-order valence-corrected chi connectivity index (χ0v) is 20.6. The molecule has 1 aromatic carbocycles. The van der Waals surface area contributed by atoms with Gasteiger partial charge >= 0.3 is 0 Å². The Bertz CT molecular complexity index is 1400. The number of pyridine rings is 1. The van der Waals surface area contributed by atoms with Crippen molar-refractivity contribution in [2.24, 2.45) is 13.0 Å². The summed E-state index contributed by atoms with van der Waals surface area (Å²) < 4.78 is 1.73. The second-order valence-corrected chi connectivity index (χ2v) is 9.51. The zero-order chi connectivity index (χ0) is 24.4. The molecule has 8 nitrogen and oxygen atoms in total. The number of hydrogen-bond donors (Lipinski definition) is 1. The molecule has 35 heavy (non-hydrogen) atoms. The third-order valence-electron chi connectivity index (χ3n) is 6.57. The summed E-state index contributed by atoms with van der Waals surface area (Å²) in [6.07, 6.45) is 7.01. The summed E-state index contributed by atoms with van der Waals surface area (Å²) in [6, 6.07) is 11.7. The largest absolute Gasteiger partial charge is 0.368 e. The van der Waals surface area contributed by atoms with Crippen molar-refractivity contribution in [1.82, 2.24) is 29.6 Å². The van der Waals surface area contributed by atoms with Crippen LogP contribution in [0.3, 0.4) is 0 Å². The number of nitrogens with zero attached hydrogens (tertiary/aromatic N) is 7. The quantitative estimate of drug-likeness (QED) is 0.419. The molecule has 1 fully saturated rings. The minimum atomic E-state index is 0.255. The molecule has 0 bridgehead atoms. The number of anilines is 1. The van der Waals surface area contributed by atoms with Crippen LogP contribution in [0.5, 0.6) is 0 Å². The predicted octanol–water partition coefficient (Wildman–Crippen LogP) is 4.76. The van der Waals surface area contributed by atoms with Gasteiger partial charge in [0.25, 0.3) is 0 Å². The molecule has 0 radical (unpaired) electrons. The Morgan fingerprint density at radius 1 is 1.14 bits per heavy atom. The van der Waals surface area contributed by atoms with Crippen LogP contribution in [-0.4, -0.2) is 56.3 Å².